The van der Waals surface area contributed by atoms with Crippen LogP contribution in [0.3, 0.4) is 0 Å². The average Bonchev–Trinajstić information content (AvgIpc) is 2.77. The van der Waals surface area contributed by atoms with Gasteiger partial charge >= 0.3 is 13.8 Å². The Morgan fingerprint density at radius 3 is 2.18 bits per heavy atom. The molecule has 0 aliphatic rings. The van der Waals surface area contributed by atoms with Gasteiger partial charge in [0, 0.05) is 18.9 Å². The molecule has 0 bridgehead atoms. The van der Waals surface area contributed by atoms with E-state index in [1.54, 1.807) is 49.6 Å². The third kappa shape index (κ3) is 6.44. The second-order valence-electron chi connectivity index (χ2n) is 7.07. The van der Waals surface area contributed by atoms with Gasteiger partial charge in [0.05, 0.1) is 12.7 Å². The summed E-state index contributed by atoms with van der Waals surface area (Å²) in [7, 11) is -3.01. The van der Waals surface area contributed by atoms with Crippen molar-refractivity contribution >= 4 is 19.6 Å². The van der Waals surface area contributed by atoms with E-state index in [9.17, 15) is 19.0 Å². The van der Waals surface area contributed by atoms with Crippen LogP contribution >= 0.6 is 7.82 Å². The molecule has 0 aliphatic carbocycles. The van der Waals surface area contributed by atoms with E-state index in [1.807, 2.05) is 0 Å². The van der Waals surface area contributed by atoms with Crippen molar-refractivity contribution in [2.75, 3.05) is 7.11 Å². The van der Waals surface area contributed by atoms with Crippen LogP contribution in [0.4, 0.5) is 0 Å². The molecule has 9 heteroatoms. The normalized spacial score (nSPS) is 12.4. The second-order valence-corrected chi connectivity index (χ2v) is 8.37. The number of rotatable bonds is 9. The number of carbonyl (C=O) groups excluding carboxylic acids is 2. The number of esters is 1. The minimum absolute atomic E-state index is 0.0433. The van der Waals surface area contributed by atoms with Crippen LogP contribution in [0.1, 0.15) is 28.4 Å². The zero-order valence-corrected chi connectivity index (χ0v) is 19.2. The number of methoxy groups -OCH3 is 1. The number of phosphoric ester groups is 1. The number of benzene rings is 3. The van der Waals surface area contributed by atoms with Gasteiger partial charge in [-0.2, -0.15) is 0 Å². The highest BCUT2D eigenvalue weighted by atomic mass is 31.2. The minimum atomic E-state index is -4.56. The maximum absolute atomic E-state index is 13.0. The van der Waals surface area contributed by atoms with Crippen molar-refractivity contribution in [1.82, 2.24) is 0 Å². The Morgan fingerprint density at radius 2 is 1.58 bits per heavy atom. The molecule has 1 atom stereocenters. The van der Waals surface area contributed by atoms with Gasteiger partial charge in [-0.15, -0.1) is 0 Å². The van der Waals surface area contributed by atoms with E-state index in [0.717, 1.165) is 5.56 Å². The molecule has 1 unspecified atom stereocenters. The van der Waals surface area contributed by atoms with E-state index in [0.29, 0.717) is 5.75 Å². The molecule has 3 aromatic rings. The highest BCUT2D eigenvalue weighted by Gasteiger charge is 2.28. The monoisotopic (exact) mass is 470 g/mol. The Hall–Kier alpha value is -3.61. The summed E-state index contributed by atoms with van der Waals surface area (Å²) >= 11 is 0. The molecule has 1 N–H and O–H groups in total. The predicted molar refractivity (Wildman–Crippen MR) is 121 cm³/mol. The topological polar surface area (TPSA) is 108 Å². The van der Waals surface area contributed by atoms with Crippen molar-refractivity contribution in [1.29, 1.82) is 0 Å². The number of hydrogen-bond donors (Lipinski definition) is 1. The van der Waals surface area contributed by atoms with Crippen LogP contribution in [0.15, 0.2) is 66.7 Å². The van der Waals surface area contributed by atoms with Crippen LogP contribution in [0, 0.1) is 6.92 Å². The van der Waals surface area contributed by atoms with Crippen molar-refractivity contribution < 1.29 is 37.6 Å². The molecule has 0 heterocycles. The molecule has 33 heavy (non-hydrogen) atoms. The van der Waals surface area contributed by atoms with Gasteiger partial charge < -0.3 is 18.5 Å². The van der Waals surface area contributed by atoms with Crippen LogP contribution in [0.2, 0.25) is 0 Å². The molecule has 0 aromatic heterocycles. The highest BCUT2D eigenvalue weighted by molar-refractivity contribution is 7.48. The number of Topliss-reactive ketones (excluding diaryl/α,β-unsaturated/α-hetero) is 1. The summed E-state index contributed by atoms with van der Waals surface area (Å²) in [5, 5.41) is 0. The molecule has 3 aromatic carbocycles. The number of ketones is 1. The molecule has 0 radical (unpaired) electrons. The molecule has 3 rings (SSSR count). The lowest BCUT2D eigenvalue weighted by Crippen LogP contribution is -2.12. The largest absolute Gasteiger partial charge is 0.584 e. The second kappa shape index (κ2) is 10.3. The Kier molecular flexibility index (Phi) is 7.53. The van der Waals surface area contributed by atoms with Gasteiger partial charge in [-0.1, -0.05) is 30.3 Å². The van der Waals surface area contributed by atoms with Gasteiger partial charge in [-0.05, 0) is 48.9 Å². The molecule has 0 spiro atoms. The van der Waals surface area contributed by atoms with Gasteiger partial charge in [0.1, 0.15) is 23.0 Å². The zero-order valence-electron chi connectivity index (χ0n) is 18.3. The summed E-state index contributed by atoms with van der Waals surface area (Å²) in [6.07, 6.45) is 0.0491. The SMILES string of the molecule is COc1ccc(CC(=O)c2ccc(OP(=O)(O)Oc3ccccc3)c(C)c2OC(C)=O)cc1. The maximum Gasteiger partial charge on any atom is 0.584 e. The Balaban J connectivity index is 1.87. The first-order chi connectivity index (χ1) is 15.7. The number of ether oxygens (including phenoxy) is 2. The zero-order chi connectivity index (χ0) is 24.0. The standard InChI is InChI=1S/C24H23O8P/c1-16-23(32-33(27,28)31-20-7-5-4-6-8-20)14-13-21(24(16)30-17(2)25)22(26)15-18-9-11-19(29-3)12-10-18/h4-14H,15H2,1-3H3,(H,27,28). The van der Waals surface area contributed by atoms with Gasteiger partial charge in [0.25, 0.3) is 0 Å². The van der Waals surface area contributed by atoms with Gasteiger partial charge in [-0.3, -0.25) is 14.5 Å². The molecule has 0 amide bonds. The fraction of sp³-hybridized carbons (Fsp3) is 0.167. The van der Waals surface area contributed by atoms with Crippen molar-refractivity contribution in [2.24, 2.45) is 0 Å². The lowest BCUT2D eigenvalue weighted by atomic mass is 9.99. The lowest BCUT2D eigenvalue weighted by molar-refractivity contribution is -0.131. The van der Waals surface area contributed by atoms with E-state index < -0.39 is 13.8 Å². The van der Waals surface area contributed by atoms with Crippen LogP contribution in [-0.2, 0) is 15.8 Å². The van der Waals surface area contributed by atoms with Crippen molar-refractivity contribution in [3.63, 3.8) is 0 Å². The van der Waals surface area contributed by atoms with Crippen molar-refractivity contribution in [3.05, 3.63) is 83.4 Å². The van der Waals surface area contributed by atoms with E-state index in [2.05, 4.69) is 0 Å². The number of carbonyl (C=O) groups is 2. The summed E-state index contributed by atoms with van der Waals surface area (Å²) in [5.41, 5.74) is 1.09. The summed E-state index contributed by atoms with van der Waals surface area (Å²) in [6, 6.07) is 17.8. The van der Waals surface area contributed by atoms with Crippen LogP contribution in [0.25, 0.3) is 0 Å². The molecule has 8 nitrogen and oxygen atoms in total. The van der Waals surface area contributed by atoms with Gasteiger partial charge in [-0.25, -0.2) is 4.57 Å². The number of para-hydroxylation sites is 1. The molecule has 0 saturated heterocycles. The van der Waals surface area contributed by atoms with Crippen LogP contribution in [-0.4, -0.2) is 23.8 Å². The summed E-state index contributed by atoms with van der Waals surface area (Å²) in [6.45, 7) is 2.71. The third-order valence-electron chi connectivity index (χ3n) is 4.60. The van der Waals surface area contributed by atoms with E-state index in [4.69, 9.17) is 18.5 Å². The molecule has 0 saturated carbocycles. The average molecular weight is 470 g/mol. The smallest absolute Gasteiger partial charge is 0.497 e. The van der Waals surface area contributed by atoms with E-state index in [-0.39, 0.29) is 40.6 Å². The molecular weight excluding hydrogens is 447 g/mol. The molecule has 0 fully saturated rings. The fourth-order valence-corrected chi connectivity index (χ4v) is 3.92. The first-order valence-corrected chi connectivity index (χ1v) is 11.4. The maximum atomic E-state index is 13.0. The Labute approximate surface area is 191 Å². The number of hydrogen-bond acceptors (Lipinski definition) is 7. The highest BCUT2D eigenvalue weighted by Crippen LogP contribution is 2.47. The minimum Gasteiger partial charge on any atom is -0.497 e. The van der Waals surface area contributed by atoms with Crippen molar-refractivity contribution in [3.8, 4) is 23.0 Å². The summed E-state index contributed by atoms with van der Waals surface area (Å²) < 4.78 is 33.1. The molecule has 172 valence electrons. The van der Waals surface area contributed by atoms with Crippen LogP contribution < -0.4 is 18.5 Å². The third-order valence-corrected chi connectivity index (χ3v) is 5.47. The van der Waals surface area contributed by atoms with E-state index in [1.165, 1.54) is 38.1 Å². The lowest BCUT2D eigenvalue weighted by Gasteiger charge is -2.18. The first kappa shape index (κ1) is 24.0. The summed E-state index contributed by atoms with van der Waals surface area (Å²) in [4.78, 5) is 34.8. The van der Waals surface area contributed by atoms with Gasteiger partial charge in [0.15, 0.2) is 5.78 Å². The Bertz CT molecular complexity index is 1190. The van der Waals surface area contributed by atoms with Crippen molar-refractivity contribution in [2.45, 2.75) is 20.3 Å². The predicted octanol–water partition coefficient (Wildman–Crippen LogP) is 4.91. The number of phosphoric acid groups is 1. The van der Waals surface area contributed by atoms with E-state index >= 15 is 0 Å². The quantitative estimate of drug-likeness (QED) is 0.203. The fourth-order valence-electron chi connectivity index (χ4n) is 3.05. The Morgan fingerprint density at radius 1 is 0.909 bits per heavy atom. The van der Waals surface area contributed by atoms with Gasteiger partial charge in [0.2, 0.25) is 0 Å². The summed E-state index contributed by atoms with van der Waals surface area (Å²) in [5.74, 6) is -0.254. The first-order valence-electron chi connectivity index (χ1n) is 9.93. The molecule has 0 aliphatic heterocycles. The molecular formula is C24H23O8P. The van der Waals surface area contributed by atoms with Crippen LogP contribution in [0.5, 0.6) is 23.0 Å².